The Morgan fingerprint density at radius 3 is 2.72 bits per heavy atom. The first-order chi connectivity index (χ1) is 8.69. The lowest BCUT2D eigenvalue weighted by Gasteiger charge is -2.10. The smallest absolute Gasteiger partial charge is 0.316 e. The molecule has 1 aromatic carbocycles. The number of esters is 1. The summed E-state index contributed by atoms with van der Waals surface area (Å²) in [6.07, 6.45) is 2.09. The van der Waals surface area contributed by atoms with Crippen LogP contribution in [0.25, 0.3) is 10.9 Å². The highest BCUT2D eigenvalue weighted by atomic mass is 16.5. The fourth-order valence-electron chi connectivity index (χ4n) is 2.06. The summed E-state index contributed by atoms with van der Waals surface area (Å²) in [5, 5.41) is 0.838. The monoisotopic (exact) mass is 245 g/mol. The number of carbonyl (C=O) groups excluding carboxylic acids is 2. The van der Waals surface area contributed by atoms with Crippen molar-refractivity contribution in [1.82, 2.24) is 4.98 Å². The zero-order valence-corrected chi connectivity index (χ0v) is 10.4. The number of Topliss-reactive ketones (excluding diaryl/α,β-unsaturated/α-hetero) is 1. The zero-order chi connectivity index (χ0) is 13.1. The summed E-state index contributed by atoms with van der Waals surface area (Å²) in [5.74, 6) is -1.40. The van der Waals surface area contributed by atoms with E-state index in [-0.39, 0.29) is 5.78 Å². The van der Waals surface area contributed by atoms with Crippen LogP contribution in [0.5, 0.6) is 0 Å². The van der Waals surface area contributed by atoms with Gasteiger partial charge in [-0.15, -0.1) is 0 Å². The van der Waals surface area contributed by atoms with Crippen LogP contribution in [0.4, 0.5) is 0 Å². The second-order valence-corrected chi connectivity index (χ2v) is 4.10. The molecule has 0 radical (unpaired) electrons. The molecule has 2 rings (SSSR count). The van der Waals surface area contributed by atoms with Crippen LogP contribution in [0.2, 0.25) is 0 Å². The fraction of sp³-hybridized carbons (Fsp3) is 0.286. The van der Waals surface area contributed by atoms with Crippen LogP contribution in [0.3, 0.4) is 0 Å². The Morgan fingerprint density at radius 1 is 1.33 bits per heavy atom. The summed E-state index contributed by atoms with van der Waals surface area (Å²) in [6, 6.07) is 7.52. The van der Waals surface area contributed by atoms with E-state index in [1.807, 2.05) is 24.3 Å². The Bertz CT molecular complexity index is 585. The van der Waals surface area contributed by atoms with E-state index in [4.69, 9.17) is 0 Å². The van der Waals surface area contributed by atoms with Gasteiger partial charge in [0.1, 0.15) is 5.92 Å². The predicted molar refractivity (Wildman–Crippen MR) is 68.4 cm³/mol. The number of methoxy groups -OCH3 is 1. The van der Waals surface area contributed by atoms with Crippen molar-refractivity contribution in [3.05, 3.63) is 36.0 Å². The maximum atomic E-state index is 12.3. The zero-order valence-electron chi connectivity index (χ0n) is 10.4. The molecule has 0 aliphatic carbocycles. The van der Waals surface area contributed by atoms with Gasteiger partial charge >= 0.3 is 5.97 Å². The van der Waals surface area contributed by atoms with E-state index < -0.39 is 11.9 Å². The molecular formula is C14H15NO3. The highest BCUT2D eigenvalue weighted by Crippen LogP contribution is 2.22. The number of ketones is 1. The van der Waals surface area contributed by atoms with Crippen molar-refractivity contribution < 1.29 is 14.3 Å². The summed E-state index contributed by atoms with van der Waals surface area (Å²) in [4.78, 5) is 26.9. The minimum atomic E-state index is -0.728. The third-order valence-electron chi connectivity index (χ3n) is 3.07. The van der Waals surface area contributed by atoms with E-state index in [0.29, 0.717) is 12.0 Å². The first-order valence-corrected chi connectivity index (χ1v) is 5.87. The molecule has 4 nitrogen and oxygen atoms in total. The van der Waals surface area contributed by atoms with E-state index in [2.05, 4.69) is 9.72 Å². The third-order valence-corrected chi connectivity index (χ3v) is 3.07. The number of fused-ring (bicyclic) bond motifs is 1. The Hall–Kier alpha value is -2.10. The van der Waals surface area contributed by atoms with Crippen molar-refractivity contribution in [1.29, 1.82) is 0 Å². The van der Waals surface area contributed by atoms with Crippen molar-refractivity contribution >= 4 is 22.7 Å². The van der Waals surface area contributed by atoms with Gasteiger partial charge in [0.2, 0.25) is 0 Å². The molecule has 1 heterocycles. The van der Waals surface area contributed by atoms with Crippen LogP contribution >= 0.6 is 0 Å². The molecule has 0 aliphatic rings. The molecule has 1 N–H and O–H groups in total. The number of rotatable bonds is 4. The van der Waals surface area contributed by atoms with Gasteiger partial charge < -0.3 is 9.72 Å². The third kappa shape index (κ3) is 2.01. The summed E-state index contributed by atoms with van der Waals surface area (Å²) >= 11 is 0. The molecule has 4 heteroatoms. The van der Waals surface area contributed by atoms with Gasteiger partial charge in [-0.1, -0.05) is 25.1 Å². The largest absolute Gasteiger partial charge is 0.468 e. The molecule has 94 valence electrons. The molecule has 0 amide bonds. The van der Waals surface area contributed by atoms with Crippen molar-refractivity contribution in [3.8, 4) is 0 Å². The molecule has 0 bridgehead atoms. The average molecular weight is 245 g/mol. The number of nitrogens with one attached hydrogen (secondary N) is 1. The number of carbonyl (C=O) groups is 2. The quantitative estimate of drug-likeness (QED) is 0.511. The van der Waals surface area contributed by atoms with Crippen LogP contribution in [0.1, 0.15) is 23.7 Å². The van der Waals surface area contributed by atoms with Gasteiger partial charge in [-0.3, -0.25) is 9.59 Å². The molecule has 0 fully saturated rings. The maximum absolute atomic E-state index is 12.3. The average Bonchev–Trinajstić information content (AvgIpc) is 2.82. The minimum absolute atomic E-state index is 0.193. The van der Waals surface area contributed by atoms with Crippen LogP contribution in [0, 0.1) is 5.92 Å². The number of para-hydroxylation sites is 1. The Labute approximate surface area is 105 Å². The van der Waals surface area contributed by atoms with Gasteiger partial charge in [-0.2, -0.15) is 0 Å². The number of hydrogen-bond donors (Lipinski definition) is 1. The number of H-pyrrole nitrogens is 1. The molecule has 0 aliphatic heterocycles. The van der Waals surface area contributed by atoms with Crippen LogP contribution < -0.4 is 0 Å². The van der Waals surface area contributed by atoms with E-state index in [9.17, 15) is 9.59 Å². The van der Waals surface area contributed by atoms with Crippen LogP contribution in [-0.4, -0.2) is 23.8 Å². The van der Waals surface area contributed by atoms with E-state index in [0.717, 1.165) is 10.9 Å². The second-order valence-electron chi connectivity index (χ2n) is 4.10. The Morgan fingerprint density at radius 2 is 2.06 bits per heavy atom. The Balaban J connectivity index is 2.41. The highest BCUT2D eigenvalue weighted by molar-refractivity contribution is 6.15. The van der Waals surface area contributed by atoms with Gasteiger partial charge in [-0.25, -0.2) is 0 Å². The van der Waals surface area contributed by atoms with E-state index >= 15 is 0 Å². The number of ether oxygens (including phenoxy) is 1. The highest BCUT2D eigenvalue weighted by Gasteiger charge is 2.28. The summed E-state index contributed by atoms with van der Waals surface area (Å²) in [7, 11) is 1.30. The molecular weight excluding hydrogens is 230 g/mol. The van der Waals surface area contributed by atoms with Gasteiger partial charge in [-0.05, 0) is 12.5 Å². The van der Waals surface area contributed by atoms with Gasteiger partial charge in [0.05, 0.1) is 7.11 Å². The maximum Gasteiger partial charge on any atom is 0.316 e. The molecule has 2 aromatic rings. The number of aromatic nitrogens is 1. The minimum Gasteiger partial charge on any atom is -0.468 e. The van der Waals surface area contributed by atoms with Crippen molar-refractivity contribution in [2.75, 3.05) is 7.11 Å². The Kier molecular flexibility index (Phi) is 3.46. The summed E-state index contributed by atoms with van der Waals surface area (Å²) < 4.78 is 4.66. The first kappa shape index (κ1) is 12.4. The predicted octanol–water partition coefficient (Wildman–Crippen LogP) is 2.55. The molecule has 1 aromatic heterocycles. The number of hydrogen-bond acceptors (Lipinski definition) is 3. The van der Waals surface area contributed by atoms with Gasteiger partial charge in [0.15, 0.2) is 5.78 Å². The second kappa shape index (κ2) is 5.04. The topological polar surface area (TPSA) is 59.2 Å². The fourth-order valence-corrected chi connectivity index (χ4v) is 2.06. The van der Waals surface area contributed by atoms with Crippen molar-refractivity contribution in [2.45, 2.75) is 13.3 Å². The lowest BCUT2D eigenvalue weighted by molar-refractivity contribution is -0.143. The lowest BCUT2D eigenvalue weighted by atomic mass is 9.95. The molecule has 1 atom stereocenters. The van der Waals surface area contributed by atoms with Crippen LogP contribution in [0.15, 0.2) is 30.5 Å². The van der Waals surface area contributed by atoms with E-state index in [1.54, 1.807) is 13.1 Å². The van der Waals surface area contributed by atoms with Crippen LogP contribution in [-0.2, 0) is 9.53 Å². The van der Waals surface area contributed by atoms with Crippen molar-refractivity contribution in [2.24, 2.45) is 5.92 Å². The standard InChI is InChI=1S/C14H15NO3/c1-3-9(14(17)18-2)13(16)11-8-15-12-7-5-4-6-10(11)12/h4-9,15H,3H2,1-2H3. The first-order valence-electron chi connectivity index (χ1n) is 5.87. The summed E-state index contributed by atoms with van der Waals surface area (Å²) in [5.41, 5.74) is 1.43. The molecule has 0 saturated carbocycles. The molecule has 0 spiro atoms. The number of benzene rings is 1. The van der Waals surface area contributed by atoms with Gasteiger partial charge in [0.25, 0.3) is 0 Å². The van der Waals surface area contributed by atoms with Crippen molar-refractivity contribution in [3.63, 3.8) is 0 Å². The lowest BCUT2D eigenvalue weighted by Crippen LogP contribution is -2.24. The van der Waals surface area contributed by atoms with E-state index in [1.165, 1.54) is 7.11 Å². The molecule has 1 unspecified atom stereocenters. The molecule has 18 heavy (non-hydrogen) atoms. The summed E-state index contributed by atoms with van der Waals surface area (Å²) in [6.45, 7) is 1.80. The van der Waals surface area contributed by atoms with Gasteiger partial charge in [0, 0.05) is 22.7 Å². The SMILES string of the molecule is CCC(C(=O)OC)C(=O)c1c[nH]c2ccccc12. The normalized spacial score (nSPS) is 12.3. The number of aromatic amines is 1. The molecule has 0 saturated heterocycles.